The van der Waals surface area contributed by atoms with E-state index in [1.807, 2.05) is 30.3 Å². The van der Waals surface area contributed by atoms with Crippen LogP contribution in [0.25, 0.3) is 0 Å². The lowest BCUT2D eigenvalue weighted by Gasteiger charge is -2.31. The Morgan fingerprint density at radius 1 is 1.25 bits per heavy atom. The van der Waals surface area contributed by atoms with Crippen LogP contribution in [0.4, 0.5) is 0 Å². The van der Waals surface area contributed by atoms with Crippen molar-refractivity contribution in [1.82, 2.24) is 0 Å². The molecule has 1 aromatic carbocycles. The van der Waals surface area contributed by atoms with E-state index >= 15 is 0 Å². The molecule has 3 heteroatoms. The molecule has 0 radical (unpaired) electrons. The van der Waals surface area contributed by atoms with Gasteiger partial charge >= 0.3 is 5.97 Å². The fourth-order valence-electron chi connectivity index (χ4n) is 2.70. The zero-order valence-corrected chi connectivity index (χ0v) is 12.0. The van der Waals surface area contributed by atoms with E-state index in [0.29, 0.717) is 5.92 Å². The molecule has 0 amide bonds. The van der Waals surface area contributed by atoms with Gasteiger partial charge in [-0.3, -0.25) is 0 Å². The van der Waals surface area contributed by atoms with Crippen molar-refractivity contribution >= 4 is 5.97 Å². The van der Waals surface area contributed by atoms with Gasteiger partial charge in [0.25, 0.3) is 0 Å². The lowest BCUT2D eigenvalue weighted by molar-refractivity contribution is -0.145. The third kappa shape index (κ3) is 4.12. The normalized spacial score (nSPS) is 23.6. The number of hydrogen-bond acceptors (Lipinski definition) is 3. The first kappa shape index (κ1) is 14.6. The number of ether oxygens (including phenoxy) is 2. The van der Waals surface area contributed by atoms with Crippen LogP contribution in [0, 0.1) is 5.92 Å². The first-order chi connectivity index (χ1) is 9.69. The molecule has 0 aromatic heterocycles. The molecule has 0 saturated heterocycles. The van der Waals surface area contributed by atoms with E-state index < -0.39 is 0 Å². The van der Waals surface area contributed by atoms with Gasteiger partial charge in [-0.15, -0.1) is 0 Å². The van der Waals surface area contributed by atoms with Gasteiger partial charge in [0.15, 0.2) is 0 Å². The van der Waals surface area contributed by atoms with Crippen LogP contribution < -0.4 is 4.74 Å². The van der Waals surface area contributed by atoms with Gasteiger partial charge < -0.3 is 9.47 Å². The molecule has 108 valence electrons. The van der Waals surface area contributed by atoms with Crippen molar-refractivity contribution in [2.75, 3.05) is 0 Å². The molecule has 0 heterocycles. The zero-order chi connectivity index (χ0) is 14.4. The van der Waals surface area contributed by atoms with Crippen molar-refractivity contribution in [3.05, 3.63) is 43.0 Å². The fraction of sp³-hybridized carbons (Fsp3) is 0.471. The standard InChI is InChI=1S/C17H22O3/c1-3-17(18)20-16-11-9-14(10-12-16)13(2)19-15-7-5-4-6-8-15/h3-8,13-14,16H,1,9-12H2,2H3. The van der Waals surface area contributed by atoms with Gasteiger partial charge in [-0.2, -0.15) is 0 Å². The topological polar surface area (TPSA) is 35.5 Å². The molecule has 1 aliphatic carbocycles. The van der Waals surface area contributed by atoms with E-state index in [9.17, 15) is 4.79 Å². The third-order valence-corrected chi connectivity index (χ3v) is 3.90. The molecule has 1 atom stereocenters. The van der Waals surface area contributed by atoms with Gasteiger partial charge in [-0.05, 0) is 50.7 Å². The molecule has 0 aliphatic heterocycles. The van der Waals surface area contributed by atoms with Gasteiger partial charge in [0.1, 0.15) is 11.9 Å². The summed E-state index contributed by atoms with van der Waals surface area (Å²) < 4.78 is 11.3. The van der Waals surface area contributed by atoms with Crippen LogP contribution in [0.5, 0.6) is 5.75 Å². The Hall–Kier alpha value is -1.77. The Kier molecular flexibility index (Phi) is 5.22. The lowest BCUT2D eigenvalue weighted by atomic mass is 9.84. The fourth-order valence-corrected chi connectivity index (χ4v) is 2.70. The van der Waals surface area contributed by atoms with Gasteiger partial charge in [0.2, 0.25) is 0 Å². The van der Waals surface area contributed by atoms with E-state index in [4.69, 9.17) is 9.47 Å². The molecule has 1 fully saturated rings. The molecule has 20 heavy (non-hydrogen) atoms. The van der Waals surface area contributed by atoms with E-state index in [-0.39, 0.29) is 18.2 Å². The van der Waals surface area contributed by atoms with E-state index in [1.165, 1.54) is 6.08 Å². The molecule has 1 aliphatic rings. The SMILES string of the molecule is C=CC(=O)OC1CCC(C(C)Oc2ccccc2)CC1. The second-order valence-corrected chi connectivity index (χ2v) is 5.31. The molecule has 2 rings (SSSR count). The minimum absolute atomic E-state index is 0.0423. The third-order valence-electron chi connectivity index (χ3n) is 3.90. The molecular formula is C17H22O3. The summed E-state index contributed by atoms with van der Waals surface area (Å²) in [7, 11) is 0. The van der Waals surface area contributed by atoms with Crippen LogP contribution in [0.2, 0.25) is 0 Å². The second kappa shape index (κ2) is 7.13. The van der Waals surface area contributed by atoms with Crippen molar-refractivity contribution in [1.29, 1.82) is 0 Å². The van der Waals surface area contributed by atoms with E-state index in [2.05, 4.69) is 13.5 Å². The first-order valence-corrected chi connectivity index (χ1v) is 7.24. The Morgan fingerprint density at radius 3 is 2.50 bits per heavy atom. The molecule has 1 aromatic rings. The van der Waals surface area contributed by atoms with Crippen LogP contribution >= 0.6 is 0 Å². The summed E-state index contributed by atoms with van der Waals surface area (Å²) in [6.07, 6.45) is 5.34. The minimum Gasteiger partial charge on any atom is -0.490 e. The summed E-state index contributed by atoms with van der Waals surface area (Å²) >= 11 is 0. The molecule has 0 bridgehead atoms. The van der Waals surface area contributed by atoms with Crippen LogP contribution in [-0.2, 0) is 9.53 Å². The van der Waals surface area contributed by atoms with Crippen LogP contribution in [0.3, 0.4) is 0 Å². The predicted octanol–water partition coefficient (Wildman–Crippen LogP) is 3.74. The molecule has 1 saturated carbocycles. The van der Waals surface area contributed by atoms with Crippen molar-refractivity contribution < 1.29 is 14.3 Å². The summed E-state index contributed by atoms with van der Waals surface area (Å²) in [4.78, 5) is 11.2. The Bertz CT molecular complexity index is 433. The second-order valence-electron chi connectivity index (χ2n) is 5.31. The largest absolute Gasteiger partial charge is 0.490 e. The number of carbonyl (C=O) groups excluding carboxylic acids is 1. The maximum atomic E-state index is 11.2. The number of hydrogen-bond donors (Lipinski definition) is 0. The summed E-state index contributed by atoms with van der Waals surface area (Å²) in [6, 6.07) is 9.90. The first-order valence-electron chi connectivity index (χ1n) is 7.24. The van der Waals surface area contributed by atoms with Gasteiger partial charge in [-0.25, -0.2) is 4.79 Å². The maximum Gasteiger partial charge on any atom is 0.330 e. The highest BCUT2D eigenvalue weighted by Crippen LogP contribution is 2.30. The van der Waals surface area contributed by atoms with Crippen LogP contribution in [-0.4, -0.2) is 18.2 Å². The Balaban J connectivity index is 1.78. The summed E-state index contributed by atoms with van der Waals surface area (Å²) in [6.45, 7) is 5.54. The summed E-state index contributed by atoms with van der Waals surface area (Å²) in [5, 5.41) is 0. The molecule has 0 spiro atoms. The number of para-hydroxylation sites is 1. The quantitative estimate of drug-likeness (QED) is 0.606. The van der Waals surface area contributed by atoms with Crippen molar-refractivity contribution in [3.63, 3.8) is 0 Å². The minimum atomic E-state index is -0.318. The molecule has 3 nitrogen and oxygen atoms in total. The summed E-state index contributed by atoms with van der Waals surface area (Å²) in [5.41, 5.74) is 0. The average Bonchev–Trinajstić information content (AvgIpc) is 2.49. The number of rotatable bonds is 5. The molecule has 0 N–H and O–H groups in total. The van der Waals surface area contributed by atoms with E-state index in [0.717, 1.165) is 31.4 Å². The number of benzene rings is 1. The lowest BCUT2D eigenvalue weighted by Crippen LogP contribution is -2.31. The highest BCUT2D eigenvalue weighted by molar-refractivity contribution is 5.81. The Morgan fingerprint density at radius 2 is 1.90 bits per heavy atom. The van der Waals surface area contributed by atoms with Crippen molar-refractivity contribution in [3.8, 4) is 5.75 Å². The van der Waals surface area contributed by atoms with Crippen LogP contribution in [0.1, 0.15) is 32.6 Å². The van der Waals surface area contributed by atoms with Crippen molar-refractivity contribution in [2.45, 2.75) is 44.8 Å². The summed E-state index contributed by atoms with van der Waals surface area (Å²) in [5.74, 6) is 1.12. The molecule has 1 unspecified atom stereocenters. The monoisotopic (exact) mass is 274 g/mol. The highest BCUT2D eigenvalue weighted by atomic mass is 16.5. The Labute approximate surface area is 120 Å². The average molecular weight is 274 g/mol. The zero-order valence-electron chi connectivity index (χ0n) is 12.0. The van der Waals surface area contributed by atoms with Crippen LogP contribution in [0.15, 0.2) is 43.0 Å². The molecular weight excluding hydrogens is 252 g/mol. The maximum absolute atomic E-state index is 11.2. The smallest absolute Gasteiger partial charge is 0.330 e. The van der Waals surface area contributed by atoms with Gasteiger partial charge in [0.05, 0.1) is 6.10 Å². The number of carbonyl (C=O) groups is 1. The number of esters is 1. The van der Waals surface area contributed by atoms with Crippen molar-refractivity contribution in [2.24, 2.45) is 5.92 Å². The highest BCUT2D eigenvalue weighted by Gasteiger charge is 2.27. The van der Waals surface area contributed by atoms with Gasteiger partial charge in [0, 0.05) is 6.08 Å². The van der Waals surface area contributed by atoms with E-state index in [1.54, 1.807) is 0 Å². The predicted molar refractivity (Wildman–Crippen MR) is 78.6 cm³/mol. The van der Waals surface area contributed by atoms with Gasteiger partial charge in [-0.1, -0.05) is 24.8 Å².